The van der Waals surface area contributed by atoms with Gasteiger partial charge in [0.2, 0.25) is 10.1 Å². The first-order valence-corrected chi connectivity index (χ1v) is 6.79. The van der Waals surface area contributed by atoms with E-state index in [4.69, 9.17) is 0 Å². The first kappa shape index (κ1) is 14.2. The first-order chi connectivity index (χ1) is 9.86. The monoisotopic (exact) mass is 321 g/mol. The summed E-state index contributed by atoms with van der Waals surface area (Å²) in [5, 5.41) is 5.58. The number of hydrogen-bond acceptors (Lipinski definition) is 4. The number of nitrogens with zero attached hydrogens (tertiary/aromatic N) is 3. The zero-order valence-corrected chi connectivity index (χ0v) is 11.2. The highest BCUT2D eigenvalue weighted by molar-refractivity contribution is 7.15. The average molecular weight is 321 g/mol. The van der Waals surface area contributed by atoms with E-state index in [-0.39, 0.29) is 35.8 Å². The molecule has 0 aliphatic carbocycles. The Labute approximate surface area is 120 Å². The van der Waals surface area contributed by atoms with E-state index < -0.39 is 22.8 Å². The van der Waals surface area contributed by atoms with Gasteiger partial charge in [0.1, 0.15) is 11.6 Å². The molecule has 0 saturated heterocycles. The molecule has 3 rings (SSSR count). The van der Waals surface area contributed by atoms with E-state index in [9.17, 15) is 22.0 Å². The van der Waals surface area contributed by atoms with Crippen LogP contribution in [0.5, 0.6) is 0 Å². The van der Waals surface area contributed by atoms with Gasteiger partial charge in [-0.3, -0.25) is 0 Å². The summed E-state index contributed by atoms with van der Waals surface area (Å²) < 4.78 is 64.8. The summed E-state index contributed by atoms with van der Waals surface area (Å²) in [7, 11) is 0. The van der Waals surface area contributed by atoms with Gasteiger partial charge in [-0.1, -0.05) is 11.3 Å². The molecule has 0 unspecified atom stereocenters. The molecule has 2 aromatic rings. The van der Waals surface area contributed by atoms with Gasteiger partial charge in [-0.05, 0) is 24.1 Å². The smallest absolute Gasteiger partial charge is 0.342 e. The van der Waals surface area contributed by atoms with Gasteiger partial charge in [0, 0.05) is 18.7 Å². The SMILES string of the molecule is Fc1ccc(F)c2c1CCN(c1nnc(C(F)(F)F)s1)C2. The van der Waals surface area contributed by atoms with Crippen molar-refractivity contribution >= 4 is 16.5 Å². The quantitative estimate of drug-likeness (QED) is 0.754. The molecule has 1 aliphatic heterocycles. The van der Waals surface area contributed by atoms with Crippen LogP contribution in [-0.2, 0) is 19.1 Å². The maximum absolute atomic E-state index is 13.7. The Balaban J connectivity index is 1.90. The standard InChI is InChI=1S/C12H8F5N3S/c13-8-1-2-9(14)7-5-20(4-3-6(7)8)11-19-18-10(21-11)12(15,16)17/h1-2H,3-5H2. The summed E-state index contributed by atoms with van der Waals surface area (Å²) in [5.74, 6) is -1.07. The Morgan fingerprint density at radius 2 is 1.71 bits per heavy atom. The normalized spacial score (nSPS) is 15.2. The topological polar surface area (TPSA) is 29.0 Å². The molecule has 112 valence electrons. The molecular formula is C12H8F5N3S. The molecular weight excluding hydrogens is 313 g/mol. The fourth-order valence-corrected chi connectivity index (χ4v) is 2.95. The summed E-state index contributed by atoms with van der Waals surface area (Å²) in [5.41, 5.74) is 0.428. The van der Waals surface area contributed by atoms with Crippen LogP contribution in [0.15, 0.2) is 12.1 Å². The second kappa shape index (κ2) is 4.90. The highest BCUT2D eigenvalue weighted by atomic mass is 32.1. The van der Waals surface area contributed by atoms with E-state index in [1.54, 1.807) is 0 Å². The van der Waals surface area contributed by atoms with Crippen molar-refractivity contribution in [3.05, 3.63) is 39.9 Å². The number of hydrogen-bond donors (Lipinski definition) is 0. The van der Waals surface area contributed by atoms with E-state index >= 15 is 0 Å². The van der Waals surface area contributed by atoms with Gasteiger partial charge in [-0.2, -0.15) is 13.2 Å². The third-order valence-electron chi connectivity index (χ3n) is 3.22. The Hall–Kier alpha value is -1.77. The lowest BCUT2D eigenvalue weighted by atomic mass is 9.99. The molecule has 1 aromatic carbocycles. The van der Waals surface area contributed by atoms with Crippen molar-refractivity contribution < 1.29 is 22.0 Å². The molecule has 9 heteroatoms. The van der Waals surface area contributed by atoms with Crippen molar-refractivity contribution in [2.24, 2.45) is 0 Å². The zero-order chi connectivity index (χ0) is 15.2. The number of halogens is 5. The third-order valence-corrected chi connectivity index (χ3v) is 4.25. The number of anilines is 1. The molecule has 0 bridgehead atoms. The molecule has 0 amide bonds. The van der Waals surface area contributed by atoms with Gasteiger partial charge >= 0.3 is 6.18 Å². The lowest BCUT2D eigenvalue weighted by Gasteiger charge is -2.28. The summed E-state index contributed by atoms with van der Waals surface area (Å²) in [4.78, 5) is 1.47. The van der Waals surface area contributed by atoms with E-state index in [2.05, 4.69) is 10.2 Å². The lowest BCUT2D eigenvalue weighted by molar-refractivity contribution is -0.138. The van der Waals surface area contributed by atoms with E-state index in [0.29, 0.717) is 11.3 Å². The van der Waals surface area contributed by atoms with Crippen molar-refractivity contribution in [1.82, 2.24) is 10.2 Å². The van der Waals surface area contributed by atoms with Crippen LogP contribution in [0.1, 0.15) is 16.1 Å². The first-order valence-electron chi connectivity index (χ1n) is 5.97. The fraction of sp³-hybridized carbons (Fsp3) is 0.333. The molecule has 0 N–H and O–H groups in total. The average Bonchev–Trinajstić information content (AvgIpc) is 2.92. The predicted octanol–water partition coefficient (Wildman–Crippen LogP) is 3.40. The van der Waals surface area contributed by atoms with Gasteiger partial charge < -0.3 is 4.90 Å². The lowest BCUT2D eigenvalue weighted by Crippen LogP contribution is -2.31. The molecule has 2 heterocycles. The molecule has 0 fully saturated rings. The van der Waals surface area contributed by atoms with Crippen LogP contribution in [0.2, 0.25) is 0 Å². The number of benzene rings is 1. The number of alkyl halides is 3. The minimum Gasteiger partial charge on any atom is -0.342 e. The minimum absolute atomic E-state index is 0.0224. The second-order valence-corrected chi connectivity index (χ2v) is 5.50. The highest BCUT2D eigenvalue weighted by Gasteiger charge is 2.36. The maximum atomic E-state index is 13.7. The Morgan fingerprint density at radius 1 is 1.05 bits per heavy atom. The molecule has 0 saturated carbocycles. The number of aromatic nitrogens is 2. The van der Waals surface area contributed by atoms with Gasteiger partial charge in [-0.25, -0.2) is 8.78 Å². The van der Waals surface area contributed by atoms with Crippen LogP contribution in [0.3, 0.4) is 0 Å². The molecule has 21 heavy (non-hydrogen) atoms. The van der Waals surface area contributed by atoms with Crippen LogP contribution in [0, 0.1) is 11.6 Å². The van der Waals surface area contributed by atoms with Crippen LogP contribution in [-0.4, -0.2) is 16.7 Å². The summed E-state index contributed by atoms with van der Waals surface area (Å²) in [6.45, 7) is 0.241. The number of rotatable bonds is 1. The zero-order valence-electron chi connectivity index (χ0n) is 10.4. The maximum Gasteiger partial charge on any atom is 0.445 e. The minimum atomic E-state index is -4.55. The Kier molecular flexibility index (Phi) is 3.31. The predicted molar refractivity (Wildman–Crippen MR) is 66.0 cm³/mol. The van der Waals surface area contributed by atoms with Crippen LogP contribution < -0.4 is 4.90 Å². The molecule has 0 atom stereocenters. The van der Waals surface area contributed by atoms with Gasteiger partial charge in [0.05, 0.1) is 0 Å². The third kappa shape index (κ3) is 2.57. The van der Waals surface area contributed by atoms with Crippen molar-refractivity contribution in [3.63, 3.8) is 0 Å². The van der Waals surface area contributed by atoms with Crippen LogP contribution in [0.25, 0.3) is 0 Å². The van der Waals surface area contributed by atoms with Crippen molar-refractivity contribution in [1.29, 1.82) is 0 Å². The molecule has 3 nitrogen and oxygen atoms in total. The largest absolute Gasteiger partial charge is 0.445 e. The fourth-order valence-electron chi connectivity index (χ4n) is 2.21. The summed E-state index contributed by atoms with van der Waals surface area (Å²) >= 11 is 0.394. The summed E-state index contributed by atoms with van der Waals surface area (Å²) in [6, 6.07) is 2.06. The summed E-state index contributed by atoms with van der Waals surface area (Å²) in [6.07, 6.45) is -4.35. The van der Waals surface area contributed by atoms with Crippen molar-refractivity contribution in [2.45, 2.75) is 19.1 Å². The Morgan fingerprint density at radius 3 is 2.33 bits per heavy atom. The van der Waals surface area contributed by atoms with Crippen LogP contribution in [0.4, 0.5) is 27.1 Å². The van der Waals surface area contributed by atoms with Gasteiger partial charge in [0.15, 0.2) is 0 Å². The second-order valence-electron chi connectivity index (χ2n) is 4.55. The van der Waals surface area contributed by atoms with Crippen molar-refractivity contribution in [3.8, 4) is 0 Å². The van der Waals surface area contributed by atoms with E-state index in [1.165, 1.54) is 4.90 Å². The van der Waals surface area contributed by atoms with Gasteiger partial charge in [0.25, 0.3) is 0 Å². The van der Waals surface area contributed by atoms with E-state index in [1.807, 2.05) is 0 Å². The van der Waals surface area contributed by atoms with Crippen LogP contribution >= 0.6 is 11.3 Å². The Bertz CT molecular complexity index is 682. The molecule has 1 aliphatic rings. The van der Waals surface area contributed by atoms with Crippen molar-refractivity contribution in [2.75, 3.05) is 11.4 Å². The molecule has 1 aromatic heterocycles. The molecule has 0 spiro atoms. The van der Waals surface area contributed by atoms with E-state index in [0.717, 1.165) is 12.1 Å². The number of fused-ring (bicyclic) bond motifs is 1. The highest BCUT2D eigenvalue weighted by Crippen LogP contribution is 2.36. The molecule has 0 radical (unpaired) electrons. The van der Waals surface area contributed by atoms with Gasteiger partial charge in [-0.15, -0.1) is 10.2 Å².